The van der Waals surface area contributed by atoms with Crippen LogP contribution in [0.3, 0.4) is 0 Å². The fourth-order valence-electron chi connectivity index (χ4n) is 5.74. The van der Waals surface area contributed by atoms with Gasteiger partial charge in [0, 0.05) is 40.8 Å². The van der Waals surface area contributed by atoms with Gasteiger partial charge in [0.2, 0.25) is 0 Å². The lowest BCUT2D eigenvalue weighted by Crippen LogP contribution is -2.48. The van der Waals surface area contributed by atoms with Gasteiger partial charge >= 0.3 is 0 Å². The van der Waals surface area contributed by atoms with Gasteiger partial charge in [0.05, 0.1) is 22.8 Å². The van der Waals surface area contributed by atoms with Gasteiger partial charge in [-0.15, -0.1) is 0 Å². The Labute approximate surface area is 282 Å². The minimum atomic E-state index is -0.587. The Hall–Kier alpha value is -5.05. The summed E-state index contributed by atoms with van der Waals surface area (Å²) in [5, 5.41) is 12.8. The van der Waals surface area contributed by atoms with Crippen LogP contribution >= 0.6 is 23.2 Å². The van der Waals surface area contributed by atoms with E-state index in [4.69, 9.17) is 32.7 Å². The Bertz CT molecular complexity index is 1910. The smallest absolute Gasteiger partial charge is 0.270 e. The van der Waals surface area contributed by atoms with E-state index < -0.39 is 11.1 Å². The highest BCUT2D eigenvalue weighted by Crippen LogP contribution is 2.44. The van der Waals surface area contributed by atoms with E-state index in [-0.39, 0.29) is 30.3 Å². The van der Waals surface area contributed by atoms with Crippen molar-refractivity contribution in [3.05, 3.63) is 163 Å². The number of hydrogen-bond acceptors (Lipinski definition) is 6. The number of amides is 1. The number of fused-ring (bicyclic) bond motifs is 1. The van der Waals surface area contributed by atoms with Crippen LogP contribution in [0.1, 0.15) is 45.7 Å². The van der Waals surface area contributed by atoms with Gasteiger partial charge in [-0.1, -0.05) is 96.0 Å². The molecule has 1 amide bonds. The third-order valence-corrected chi connectivity index (χ3v) is 8.52. The van der Waals surface area contributed by atoms with E-state index in [0.29, 0.717) is 40.4 Å². The van der Waals surface area contributed by atoms with Crippen LogP contribution in [0.4, 0.5) is 11.4 Å². The number of ether oxygens (including phenoxy) is 2. The van der Waals surface area contributed by atoms with E-state index in [2.05, 4.69) is 4.90 Å². The SMILES string of the molecule is CCOc1cc([C@@H]2N(Cc3ccccc3)C(=O)c3cc([N+](=O)[O-])ccc3N2Cc2ccccc2)ccc1OCc1ccc(Cl)cc1Cl. The second-order valence-corrected chi connectivity index (χ2v) is 11.9. The molecule has 0 saturated carbocycles. The molecule has 0 radical (unpaired) electrons. The van der Waals surface area contributed by atoms with Crippen LogP contribution in [0.15, 0.2) is 115 Å². The first-order chi connectivity index (χ1) is 22.8. The summed E-state index contributed by atoms with van der Waals surface area (Å²) in [4.78, 5) is 29.5. The Kier molecular flexibility index (Phi) is 9.61. The lowest BCUT2D eigenvalue weighted by Gasteiger charge is -2.46. The third kappa shape index (κ3) is 7.04. The zero-order valence-corrected chi connectivity index (χ0v) is 27.0. The quantitative estimate of drug-likeness (QED) is 0.103. The van der Waals surface area contributed by atoms with Gasteiger partial charge in [-0.05, 0) is 53.9 Å². The predicted molar refractivity (Wildman–Crippen MR) is 183 cm³/mol. The molecule has 0 spiro atoms. The topological polar surface area (TPSA) is 85.1 Å². The monoisotopic (exact) mass is 667 g/mol. The maximum absolute atomic E-state index is 14.4. The van der Waals surface area contributed by atoms with Gasteiger partial charge in [0.1, 0.15) is 12.8 Å². The number of rotatable bonds is 11. The molecule has 10 heteroatoms. The van der Waals surface area contributed by atoms with Crippen molar-refractivity contribution in [2.45, 2.75) is 32.8 Å². The molecule has 0 bridgehead atoms. The number of non-ortho nitro benzene ring substituents is 1. The zero-order valence-electron chi connectivity index (χ0n) is 25.5. The minimum Gasteiger partial charge on any atom is -0.490 e. The summed E-state index contributed by atoms with van der Waals surface area (Å²) in [7, 11) is 0. The summed E-state index contributed by atoms with van der Waals surface area (Å²) in [6.45, 7) is 3.19. The number of carbonyl (C=O) groups is 1. The van der Waals surface area contributed by atoms with Gasteiger partial charge in [-0.2, -0.15) is 0 Å². The highest BCUT2D eigenvalue weighted by Gasteiger charge is 2.40. The summed E-state index contributed by atoms with van der Waals surface area (Å²) < 4.78 is 12.3. The molecule has 8 nitrogen and oxygen atoms in total. The molecule has 1 aliphatic rings. The van der Waals surface area contributed by atoms with Crippen LogP contribution in [0.25, 0.3) is 0 Å². The molecule has 238 valence electrons. The molecule has 1 aliphatic heterocycles. The Morgan fingerprint density at radius 3 is 2.09 bits per heavy atom. The van der Waals surface area contributed by atoms with Crippen LogP contribution in [0.2, 0.25) is 10.0 Å². The molecule has 0 aliphatic carbocycles. The van der Waals surface area contributed by atoms with Crippen LogP contribution in [-0.2, 0) is 19.7 Å². The first kappa shape index (κ1) is 31.9. The Morgan fingerprint density at radius 2 is 1.45 bits per heavy atom. The molecule has 1 atom stereocenters. The number of anilines is 1. The zero-order chi connectivity index (χ0) is 32.9. The number of carbonyl (C=O) groups excluding carboxylic acids is 1. The Morgan fingerprint density at radius 1 is 0.766 bits per heavy atom. The average Bonchev–Trinajstić information content (AvgIpc) is 3.08. The first-order valence-electron chi connectivity index (χ1n) is 15.1. The second kappa shape index (κ2) is 14.2. The van der Waals surface area contributed by atoms with Crippen LogP contribution in [0, 0.1) is 10.1 Å². The largest absolute Gasteiger partial charge is 0.490 e. The third-order valence-electron chi connectivity index (χ3n) is 7.94. The normalized spacial score (nSPS) is 14.1. The number of nitro groups is 1. The molecule has 0 aromatic heterocycles. The maximum Gasteiger partial charge on any atom is 0.270 e. The number of hydrogen-bond donors (Lipinski definition) is 0. The average molecular weight is 669 g/mol. The van der Waals surface area contributed by atoms with E-state index in [9.17, 15) is 14.9 Å². The lowest BCUT2D eigenvalue weighted by atomic mass is 9.98. The minimum absolute atomic E-state index is 0.143. The number of halogens is 2. The van der Waals surface area contributed by atoms with Gasteiger partial charge < -0.3 is 19.3 Å². The molecule has 0 unspecified atom stereocenters. The second-order valence-electron chi connectivity index (χ2n) is 11.0. The summed E-state index contributed by atoms with van der Waals surface area (Å²) in [6, 6.07) is 35.0. The van der Waals surface area contributed by atoms with E-state index in [0.717, 1.165) is 22.3 Å². The van der Waals surface area contributed by atoms with Crippen molar-refractivity contribution in [1.82, 2.24) is 4.90 Å². The fourth-order valence-corrected chi connectivity index (χ4v) is 6.21. The van der Waals surface area contributed by atoms with Crippen molar-refractivity contribution in [3.8, 4) is 11.5 Å². The predicted octanol–water partition coefficient (Wildman–Crippen LogP) is 9.24. The summed E-state index contributed by atoms with van der Waals surface area (Å²) in [5.41, 5.74) is 4.23. The molecule has 1 heterocycles. The van der Waals surface area contributed by atoms with Gasteiger partial charge in [0.15, 0.2) is 11.5 Å². The molecular formula is C37H31Cl2N3O5. The van der Waals surface area contributed by atoms with Gasteiger partial charge in [-0.25, -0.2) is 0 Å². The highest BCUT2D eigenvalue weighted by atomic mass is 35.5. The molecule has 47 heavy (non-hydrogen) atoms. The molecule has 0 fully saturated rings. The summed E-state index contributed by atoms with van der Waals surface area (Å²) in [5.74, 6) is 0.720. The number of benzene rings is 5. The molecule has 5 aromatic carbocycles. The number of nitro benzene ring substituents is 1. The van der Waals surface area contributed by atoms with E-state index in [1.54, 1.807) is 23.1 Å². The van der Waals surface area contributed by atoms with Crippen molar-refractivity contribution in [2.24, 2.45) is 0 Å². The molecule has 0 N–H and O–H groups in total. The van der Waals surface area contributed by atoms with E-state index in [1.807, 2.05) is 91.9 Å². The molecule has 5 aromatic rings. The summed E-state index contributed by atoms with van der Waals surface area (Å²) in [6.07, 6.45) is -0.587. The van der Waals surface area contributed by atoms with Gasteiger partial charge in [0.25, 0.3) is 11.6 Å². The summed E-state index contributed by atoms with van der Waals surface area (Å²) >= 11 is 12.5. The van der Waals surface area contributed by atoms with Crippen molar-refractivity contribution in [3.63, 3.8) is 0 Å². The molecular weight excluding hydrogens is 637 g/mol. The van der Waals surface area contributed by atoms with Crippen molar-refractivity contribution < 1.29 is 19.2 Å². The van der Waals surface area contributed by atoms with Crippen LogP contribution in [0.5, 0.6) is 11.5 Å². The van der Waals surface area contributed by atoms with Gasteiger partial charge in [-0.3, -0.25) is 14.9 Å². The van der Waals surface area contributed by atoms with E-state index >= 15 is 0 Å². The molecule has 6 rings (SSSR count). The molecule has 0 saturated heterocycles. The highest BCUT2D eigenvalue weighted by molar-refractivity contribution is 6.35. The maximum atomic E-state index is 14.4. The lowest BCUT2D eigenvalue weighted by molar-refractivity contribution is -0.384. The standard InChI is InChI=1S/C37H31Cl2N3O5/c1-2-46-35-19-27(14-18-34(35)47-24-28-13-15-29(38)20-32(28)39)36-40(22-25-9-5-3-6-10-25)33-17-16-30(42(44)45)21-31(33)37(43)41(36)23-26-11-7-4-8-12-26/h3-21,36H,2,22-24H2,1H3/t36-/m0/s1. The fraction of sp³-hybridized carbons (Fsp3) is 0.162. The van der Waals surface area contributed by atoms with Crippen LogP contribution in [-0.4, -0.2) is 22.3 Å². The Balaban J connectivity index is 1.46. The van der Waals surface area contributed by atoms with Crippen molar-refractivity contribution in [1.29, 1.82) is 0 Å². The number of nitrogens with zero attached hydrogens (tertiary/aromatic N) is 3. The van der Waals surface area contributed by atoms with Crippen molar-refractivity contribution >= 4 is 40.5 Å². The van der Waals surface area contributed by atoms with Crippen molar-refractivity contribution in [2.75, 3.05) is 11.5 Å². The van der Waals surface area contributed by atoms with Crippen LogP contribution < -0.4 is 14.4 Å². The van der Waals surface area contributed by atoms with E-state index in [1.165, 1.54) is 12.1 Å². The first-order valence-corrected chi connectivity index (χ1v) is 15.9.